The summed E-state index contributed by atoms with van der Waals surface area (Å²) in [6, 6.07) is 9.59. The van der Waals surface area contributed by atoms with Crippen molar-refractivity contribution < 1.29 is 44.4 Å². The normalized spacial score (nSPS) is 13.8. The summed E-state index contributed by atoms with van der Waals surface area (Å²) in [7, 11) is 2.11. The molecule has 0 spiro atoms. The number of carboxylic acids is 4. The fourth-order valence-corrected chi connectivity index (χ4v) is 2.22. The van der Waals surface area contributed by atoms with Crippen molar-refractivity contribution in [2.24, 2.45) is 0 Å². The molecule has 0 saturated carbocycles. The number of nitrogens with zero attached hydrogens (tertiary/aromatic N) is 2. The molecule has 180 valence electrons. The van der Waals surface area contributed by atoms with Gasteiger partial charge in [-0.15, -0.1) is 0 Å². The Morgan fingerprint density at radius 1 is 0.758 bits per heavy atom. The molecular formula is C21H27N3O9. The number of piperazine rings is 1. The van der Waals surface area contributed by atoms with E-state index in [4.69, 9.17) is 20.4 Å². The quantitative estimate of drug-likeness (QED) is 0.349. The van der Waals surface area contributed by atoms with Crippen molar-refractivity contribution in [3.8, 4) is 0 Å². The number of rotatable bonds is 7. The summed E-state index contributed by atoms with van der Waals surface area (Å²) in [4.78, 5) is 54.5. The highest BCUT2D eigenvalue weighted by Crippen LogP contribution is 2.05. The Morgan fingerprint density at radius 2 is 1.15 bits per heavy atom. The first-order chi connectivity index (χ1) is 15.5. The summed E-state index contributed by atoms with van der Waals surface area (Å²) < 4.78 is 0. The molecule has 12 nitrogen and oxygen atoms in total. The molecule has 0 aromatic heterocycles. The van der Waals surface area contributed by atoms with Gasteiger partial charge in [-0.25, -0.2) is 19.2 Å². The summed E-state index contributed by atoms with van der Waals surface area (Å²) >= 11 is 0. The lowest BCUT2D eigenvalue weighted by Gasteiger charge is -2.31. The first-order valence-electron chi connectivity index (χ1n) is 9.53. The molecule has 0 bridgehead atoms. The van der Waals surface area contributed by atoms with E-state index < -0.39 is 23.9 Å². The van der Waals surface area contributed by atoms with Crippen LogP contribution in [0.15, 0.2) is 54.6 Å². The number of benzene rings is 1. The first kappa shape index (κ1) is 29.0. The van der Waals surface area contributed by atoms with E-state index in [1.165, 1.54) is 0 Å². The van der Waals surface area contributed by atoms with Gasteiger partial charge in [0.05, 0.1) is 6.54 Å². The van der Waals surface area contributed by atoms with Gasteiger partial charge in [-0.2, -0.15) is 0 Å². The second-order valence-corrected chi connectivity index (χ2v) is 6.51. The zero-order valence-corrected chi connectivity index (χ0v) is 18.0. The molecule has 1 heterocycles. The standard InChI is InChI=1S/C13H19N3O.2C4H4O4/c1-15-7-9-16(10-8-15)11-13(17)14-12-5-3-2-4-6-12;2*5-3(6)1-2-4(7)8/h2-6H,7-11H2,1H3,(H,14,17);2*1-2H,(H,5,6)(H,7,8)/b;2*2-1-. The van der Waals surface area contributed by atoms with Crippen LogP contribution in [0.5, 0.6) is 0 Å². The zero-order valence-electron chi connectivity index (χ0n) is 18.0. The van der Waals surface area contributed by atoms with E-state index in [1.807, 2.05) is 30.3 Å². The second-order valence-electron chi connectivity index (χ2n) is 6.51. The van der Waals surface area contributed by atoms with E-state index in [0.29, 0.717) is 30.8 Å². The van der Waals surface area contributed by atoms with Crippen LogP contribution in [0.2, 0.25) is 0 Å². The van der Waals surface area contributed by atoms with Gasteiger partial charge in [0.2, 0.25) is 5.91 Å². The van der Waals surface area contributed by atoms with E-state index in [0.717, 1.165) is 31.9 Å². The molecule has 5 N–H and O–H groups in total. The maximum atomic E-state index is 11.8. The van der Waals surface area contributed by atoms with Crippen molar-refractivity contribution in [2.45, 2.75) is 0 Å². The highest BCUT2D eigenvalue weighted by atomic mass is 16.4. The summed E-state index contributed by atoms with van der Waals surface area (Å²) in [6.45, 7) is 4.51. The number of likely N-dealkylation sites (N-methyl/N-ethyl adjacent to an activating group) is 1. The van der Waals surface area contributed by atoms with Crippen LogP contribution in [-0.4, -0.2) is 99.8 Å². The number of carbonyl (C=O) groups is 5. The average Bonchev–Trinajstić information content (AvgIpc) is 2.74. The molecule has 0 unspecified atom stereocenters. The van der Waals surface area contributed by atoms with Crippen molar-refractivity contribution in [1.82, 2.24) is 9.80 Å². The molecule has 1 aromatic rings. The van der Waals surface area contributed by atoms with Crippen LogP contribution in [0.3, 0.4) is 0 Å². The SMILES string of the molecule is CN1CCN(CC(=O)Nc2ccccc2)CC1.O=C(O)/C=C\C(=O)O.O=C(O)/C=C\C(=O)O. The summed E-state index contributed by atoms with van der Waals surface area (Å²) in [6.07, 6.45) is 2.23. The Balaban J connectivity index is 0.000000539. The summed E-state index contributed by atoms with van der Waals surface area (Å²) in [5.41, 5.74) is 0.867. The van der Waals surface area contributed by atoms with E-state index in [-0.39, 0.29) is 5.91 Å². The topological polar surface area (TPSA) is 185 Å². The third-order valence-corrected chi connectivity index (χ3v) is 3.76. The minimum absolute atomic E-state index is 0.0701. The van der Waals surface area contributed by atoms with Gasteiger partial charge in [-0.05, 0) is 19.2 Å². The van der Waals surface area contributed by atoms with Gasteiger partial charge in [0, 0.05) is 56.2 Å². The smallest absolute Gasteiger partial charge is 0.328 e. The maximum absolute atomic E-state index is 11.8. The van der Waals surface area contributed by atoms with Crippen molar-refractivity contribution in [3.05, 3.63) is 54.6 Å². The molecule has 1 aliphatic heterocycles. The van der Waals surface area contributed by atoms with Crippen LogP contribution in [0.4, 0.5) is 5.69 Å². The molecule has 1 fully saturated rings. The lowest BCUT2D eigenvalue weighted by atomic mass is 10.3. The van der Waals surface area contributed by atoms with Crippen LogP contribution in [0.1, 0.15) is 0 Å². The highest BCUT2D eigenvalue weighted by molar-refractivity contribution is 5.92. The number of para-hydroxylation sites is 1. The minimum Gasteiger partial charge on any atom is -0.478 e. The molecule has 2 rings (SSSR count). The molecule has 1 aromatic carbocycles. The van der Waals surface area contributed by atoms with Gasteiger partial charge in [0.1, 0.15) is 0 Å². The molecule has 12 heteroatoms. The van der Waals surface area contributed by atoms with Gasteiger partial charge in [0.25, 0.3) is 0 Å². The van der Waals surface area contributed by atoms with Gasteiger partial charge in [-0.1, -0.05) is 18.2 Å². The molecule has 0 atom stereocenters. The minimum atomic E-state index is -1.26. The van der Waals surface area contributed by atoms with E-state index >= 15 is 0 Å². The monoisotopic (exact) mass is 465 g/mol. The van der Waals surface area contributed by atoms with E-state index in [1.54, 1.807) is 0 Å². The van der Waals surface area contributed by atoms with Crippen LogP contribution in [0.25, 0.3) is 0 Å². The third-order valence-electron chi connectivity index (χ3n) is 3.76. The predicted octanol–water partition coefficient (Wildman–Crippen LogP) is 0.296. The number of carboxylic acid groups (broad SMARTS) is 4. The lowest BCUT2D eigenvalue weighted by molar-refractivity contribution is -0.134. The number of aliphatic carboxylic acids is 4. The molecule has 0 radical (unpaired) electrons. The van der Waals surface area contributed by atoms with Crippen molar-refractivity contribution >= 4 is 35.5 Å². The molecule has 1 aliphatic rings. The molecule has 1 amide bonds. The van der Waals surface area contributed by atoms with Crippen LogP contribution >= 0.6 is 0 Å². The third kappa shape index (κ3) is 18.5. The van der Waals surface area contributed by atoms with E-state index in [2.05, 4.69) is 22.2 Å². The first-order valence-corrected chi connectivity index (χ1v) is 9.53. The Morgan fingerprint density at radius 3 is 1.52 bits per heavy atom. The Kier molecular flexibility index (Phi) is 14.6. The second kappa shape index (κ2) is 16.6. The fourth-order valence-electron chi connectivity index (χ4n) is 2.22. The number of amides is 1. The molecular weight excluding hydrogens is 438 g/mol. The number of anilines is 1. The van der Waals surface area contributed by atoms with E-state index in [9.17, 15) is 24.0 Å². The van der Waals surface area contributed by atoms with Crippen molar-refractivity contribution in [3.63, 3.8) is 0 Å². The lowest BCUT2D eigenvalue weighted by Crippen LogP contribution is -2.47. The number of hydrogen-bond donors (Lipinski definition) is 5. The largest absolute Gasteiger partial charge is 0.478 e. The highest BCUT2D eigenvalue weighted by Gasteiger charge is 2.16. The maximum Gasteiger partial charge on any atom is 0.328 e. The Hall–Kier alpha value is -4.03. The van der Waals surface area contributed by atoms with Gasteiger partial charge in [0.15, 0.2) is 0 Å². The van der Waals surface area contributed by atoms with Crippen LogP contribution < -0.4 is 5.32 Å². The van der Waals surface area contributed by atoms with Crippen molar-refractivity contribution in [1.29, 1.82) is 0 Å². The average molecular weight is 465 g/mol. The van der Waals surface area contributed by atoms with Gasteiger partial charge < -0.3 is 30.6 Å². The number of carbonyl (C=O) groups excluding carboxylic acids is 1. The number of hydrogen-bond acceptors (Lipinski definition) is 7. The molecule has 0 aliphatic carbocycles. The Labute approximate surface area is 190 Å². The van der Waals surface area contributed by atoms with Gasteiger partial charge in [-0.3, -0.25) is 9.69 Å². The molecule has 1 saturated heterocycles. The van der Waals surface area contributed by atoms with Crippen LogP contribution in [0, 0.1) is 0 Å². The Bertz CT molecular complexity index is 780. The predicted molar refractivity (Wildman–Crippen MR) is 118 cm³/mol. The van der Waals surface area contributed by atoms with Crippen molar-refractivity contribution in [2.75, 3.05) is 45.1 Å². The summed E-state index contributed by atoms with van der Waals surface area (Å²) in [5.74, 6) is -4.96. The summed E-state index contributed by atoms with van der Waals surface area (Å²) in [5, 5.41) is 34.2. The zero-order chi connectivity index (χ0) is 25.2. The number of nitrogens with one attached hydrogen (secondary N) is 1. The molecule has 33 heavy (non-hydrogen) atoms. The van der Waals surface area contributed by atoms with Gasteiger partial charge >= 0.3 is 23.9 Å². The van der Waals surface area contributed by atoms with Crippen LogP contribution in [-0.2, 0) is 24.0 Å². The fraction of sp³-hybridized carbons (Fsp3) is 0.286.